The summed E-state index contributed by atoms with van der Waals surface area (Å²) < 4.78 is 5.57. The summed E-state index contributed by atoms with van der Waals surface area (Å²) in [4.78, 5) is 31.2. The maximum Gasteiger partial charge on any atom is 0.254 e. The molecule has 2 aromatic rings. The number of anilines is 1. The molecule has 1 amide bonds. The lowest BCUT2D eigenvalue weighted by molar-refractivity contribution is -0.113. The van der Waals surface area contributed by atoms with E-state index < -0.39 is 0 Å². The van der Waals surface area contributed by atoms with E-state index in [1.807, 2.05) is 26.0 Å². The number of thioether (sulfide) groups is 1. The van der Waals surface area contributed by atoms with Crippen molar-refractivity contribution in [2.24, 2.45) is 0 Å². The van der Waals surface area contributed by atoms with Crippen LogP contribution in [0.5, 0.6) is 5.75 Å². The summed E-state index contributed by atoms with van der Waals surface area (Å²) in [5.74, 6) is 0.805. The first-order valence-electron chi connectivity index (χ1n) is 8.32. The number of hydrogen-bond donors (Lipinski definition) is 2. The van der Waals surface area contributed by atoms with Gasteiger partial charge < -0.3 is 15.0 Å². The van der Waals surface area contributed by atoms with Gasteiger partial charge in [-0.3, -0.25) is 9.59 Å². The van der Waals surface area contributed by atoms with E-state index >= 15 is 0 Å². The molecule has 1 heterocycles. The Morgan fingerprint density at radius 2 is 2.08 bits per heavy atom. The zero-order valence-corrected chi connectivity index (χ0v) is 15.1. The molecule has 0 atom stereocenters. The van der Waals surface area contributed by atoms with Crippen molar-refractivity contribution < 1.29 is 9.53 Å². The molecule has 7 heteroatoms. The molecule has 0 unspecified atom stereocenters. The number of amides is 1. The molecule has 1 aromatic heterocycles. The zero-order chi connectivity index (χ0) is 17.8. The Bertz CT molecular complexity index is 815. The molecule has 0 bridgehead atoms. The Labute approximate surface area is 150 Å². The van der Waals surface area contributed by atoms with Crippen LogP contribution in [-0.4, -0.2) is 27.7 Å². The standard InChI is InChI=1S/C18H21N3O3S/c1-11(2)24-13-8-6-12(7-9-13)19-16(22)10-25-18-20-15-5-3-4-14(15)17(23)21-18/h6-9,11H,3-5,10H2,1-2H3,(H,19,22)(H,20,21,23). The fourth-order valence-electron chi connectivity index (χ4n) is 2.71. The van der Waals surface area contributed by atoms with Crippen LogP contribution in [0.4, 0.5) is 5.69 Å². The third kappa shape index (κ3) is 4.63. The number of aromatic nitrogens is 2. The number of fused-ring (bicyclic) bond motifs is 1. The molecule has 1 aromatic carbocycles. The SMILES string of the molecule is CC(C)Oc1ccc(NC(=O)CSc2nc3c(c(=O)[nH]2)CCC3)cc1. The molecule has 2 N–H and O–H groups in total. The average molecular weight is 359 g/mol. The molecule has 6 nitrogen and oxygen atoms in total. The Hall–Kier alpha value is -2.28. The second-order valence-electron chi connectivity index (χ2n) is 6.18. The van der Waals surface area contributed by atoms with Gasteiger partial charge in [0.15, 0.2) is 5.16 Å². The monoisotopic (exact) mass is 359 g/mol. The fourth-order valence-corrected chi connectivity index (χ4v) is 3.39. The van der Waals surface area contributed by atoms with E-state index in [-0.39, 0.29) is 23.3 Å². The molecule has 1 aliphatic carbocycles. The van der Waals surface area contributed by atoms with Gasteiger partial charge >= 0.3 is 0 Å². The molecular weight excluding hydrogens is 338 g/mol. The topological polar surface area (TPSA) is 84.1 Å². The van der Waals surface area contributed by atoms with Gasteiger partial charge in [-0.1, -0.05) is 11.8 Å². The minimum absolute atomic E-state index is 0.0776. The van der Waals surface area contributed by atoms with Crippen LogP contribution in [0.3, 0.4) is 0 Å². The summed E-state index contributed by atoms with van der Waals surface area (Å²) in [5.41, 5.74) is 2.29. The number of nitrogens with one attached hydrogen (secondary N) is 2. The van der Waals surface area contributed by atoms with Gasteiger partial charge in [0, 0.05) is 11.3 Å². The van der Waals surface area contributed by atoms with Gasteiger partial charge in [-0.2, -0.15) is 0 Å². The summed E-state index contributed by atoms with van der Waals surface area (Å²) in [6.45, 7) is 3.93. The molecule has 0 radical (unpaired) electrons. The Morgan fingerprint density at radius 3 is 2.80 bits per heavy atom. The highest BCUT2D eigenvalue weighted by Crippen LogP contribution is 2.20. The summed E-state index contributed by atoms with van der Waals surface area (Å²) in [5, 5.41) is 3.33. The van der Waals surface area contributed by atoms with Gasteiger partial charge in [0.1, 0.15) is 5.75 Å². The Kier molecular flexibility index (Phi) is 5.43. The third-order valence-electron chi connectivity index (χ3n) is 3.77. The quantitative estimate of drug-likeness (QED) is 0.612. The van der Waals surface area contributed by atoms with Crippen molar-refractivity contribution in [3.63, 3.8) is 0 Å². The lowest BCUT2D eigenvalue weighted by Gasteiger charge is -2.10. The molecule has 132 valence electrons. The first kappa shape index (κ1) is 17.5. The number of benzene rings is 1. The van der Waals surface area contributed by atoms with Crippen molar-refractivity contribution in [2.75, 3.05) is 11.1 Å². The maximum atomic E-state index is 12.1. The first-order chi connectivity index (χ1) is 12.0. The Morgan fingerprint density at radius 1 is 1.32 bits per heavy atom. The highest BCUT2D eigenvalue weighted by atomic mass is 32.2. The number of carbonyl (C=O) groups excluding carboxylic acids is 1. The van der Waals surface area contributed by atoms with Crippen LogP contribution < -0.4 is 15.6 Å². The van der Waals surface area contributed by atoms with Gasteiger partial charge in [0.05, 0.1) is 17.6 Å². The van der Waals surface area contributed by atoms with Crippen LogP contribution >= 0.6 is 11.8 Å². The van der Waals surface area contributed by atoms with Crippen molar-refractivity contribution in [3.8, 4) is 5.75 Å². The van der Waals surface area contributed by atoms with E-state index in [0.717, 1.165) is 36.3 Å². The fraction of sp³-hybridized carbons (Fsp3) is 0.389. The van der Waals surface area contributed by atoms with Gasteiger partial charge in [0.2, 0.25) is 5.91 Å². The predicted molar refractivity (Wildman–Crippen MR) is 98.4 cm³/mol. The van der Waals surface area contributed by atoms with E-state index in [1.54, 1.807) is 12.1 Å². The summed E-state index contributed by atoms with van der Waals surface area (Å²) in [7, 11) is 0. The number of aryl methyl sites for hydroxylation is 1. The minimum Gasteiger partial charge on any atom is -0.491 e. The average Bonchev–Trinajstić information content (AvgIpc) is 3.03. The second kappa shape index (κ2) is 7.74. The minimum atomic E-state index is -0.148. The number of nitrogens with zero attached hydrogens (tertiary/aromatic N) is 1. The molecule has 25 heavy (non-hydrogen) atoms. The van der Waals surface area contributed by atoms with Gasteiger partial charge in [0.25, 0.3) is 5.56 Å². The van der Waals surface area contributed by atoms with Crippen LogP contribution in [-0.2, 0) is 17.6 Å². The number of carbonyl (C=O) groups is 1. The molecule has 3 rings (SSSR count). The summed E-state index contributed by atoms with van der Waals surface area (Å²) in [6.07, 6.45) is 2.71. The van der Waals surface area contributed by atoms with Crippen molar-refractivity contribution in [3.05, 3.63) is 45.9 Å². The Balaban J connectivity index is 1.55. The smallest absolute Gasteiger partial charge is 0.254 e. The van der Waals surface area contributed by atoms with Crippen molar-refractivity contribution in [2.45, 2.75) is 44.4 Å². The summed E-state index contributed by atoms with van der Waals surface area (Å²) in [6, 6.07) is 7.25. The van der Waals surface area contributed by atoms with Crippen LogP contribution in [0.15, 0.2) is 34.2 Å². The first-order valence-corrected chi connectivity index (χ1v) is 9.31. The van der Waals surface area contributed by atoms with Gasteiger partial charge in [-0.05, 0) is 57.4 Å². The third-order valence-corrected chi connectivity index (χ3v) is 4.64. The highest BCUT2D eigenvalue weighted by molar-refractivity contribution is 7.99. The highest BCUT2D eigenvalue weighted by Gasteiger charge is 2.17. The van der Waals surface area contributed by atoms with E-state index in [4.69, 9.17) is 4.74 Å². The maximum absolute atomic E-state index is 12.1. The van der Waals surface area contributed by atoms with Gasteiger partial charge in [-0.15, -0.1) is 0 Å². The second-order valence-corrected chi connectivity index (χ2v) is 7.14. The van der Waals surface area contributed by atoms with Crippen LogP contribution in [0, 0.1) is 0 Å². The number of aromatic amines is 1. The molecule has 0 saturated heterocycles. The number of H-pyrrole nitrogens is 1. The molecule has 0 saturated carbocycles. The zero-order valence-electron chi connectivity index (χ0n) is 14.3. The van der Waals surface area contributed by atoms with Crippen molar-refractivity contribution >= 4 is 23.4 Å². The molecule has 0 aliphatic heterocycles. The van der Waals surface area contributed by atoms with Crippen LogP contribution in [0.2, 0.25) is 0 Å². The lowest BCUT2D eigenvalue weighted by Crippen LogP contribution is -2.17. The molecule has 0 spiro atoms. The van der Waals surface area contributed by atoms with E-state index in [9.17, 15) is 9.59 Å². The van der Waals surface area contributed by atoms with Crippen molar-refractivity contribution in [1.82, 2.24) is 9.97 Å². The molecule has 0 fully saturated rings. The molecule has 1 aliphatic rings. The number of rotatable bonds is 6. The number of hydrogen-bond acceptors (Lipinski definition) is 5. The summed E-state index contributed by atoms with van der Waals surface area (Å²) >= 11 is 1.24. The van der Waals surface area contributed by atoms with Gasteiger partial charge in [-0.25, -0.2) is 4.98 Å². The van der Waals surface area contributed by atoms with E-state index in [0.29, 0.717) is 10.8 Å². The van der Waals surface area contributed by atoms with E-state index in [2.05, 4.69) is 15.3 Å². The molecular formula is C18H21N3O3S. The van der Waals surface area contributed by atoms with Crippen LogP contribution in [0.1, 0.15) is 31.5 Å². The largest absolute Gasteiger partial charge is 0.491 e. The van der Waals surface area contributed by atoms with Crippen molar-refractivity contribution in [1.29, 1.82) is 0 Å². The van der Waals surface area contributed by atoms with E-state index in [1.165, 1.54) is 11.8 Å². The lowest BCUT2D eigenvalue weighted by atomic mass is 10.3. The predicted octanol–water partition coefficient (Wildman–Crippen LogP) is 2.78. The number of ether oxygens (including phenoxy) is 1. The normalized spacial score (nSPS) is 12.9. The van der Waals surface area contributed by atoms with Crippen LogP contribution in [0.25, 0.3) is 0 Å².